The standard InChI is InChI=1S/C21H19F3N4O4S/c22-13-5-11(6-14(23)17(13)24)15-8-28(27-26-15)18-19(30)16(9-29)32-21(20(18)31)33-12-3-1-2-10(4-12)7-25/h1-6,8,16,18-21,26-27,29-31H,9H2/t16?,18-,19-,20?,21+/m0/s1. The van der Waals surface area contributed by atoms with Crippen molar-refractivity contribution in [3.05, 3.63) is 71.2 Å². The highest BCUT2D eigenvalue weighted by atomic mass is 32.2. The van der Waals surface area contributed by atoms with E-state index in [2.05, 4.69) is 11.0 Å². The Morgan fingerprint density at radius 2 is 1.85 bits per heavy atom. The molecule has 2 heterocycles. The van der Waals surface area contributed by atoms with Crippen LogP contribution in [0, 0.1) is 28.8 Å². The van der Waals surface area contributed by atoms with E-state index in [1.165, 1.54) is 11.2 Å². The summed E-state index contributed by atoms with van der Waals surface area (Å²) in [6.07, 6.45) is -2.35. The summed E-state index contributed by atoms with van der Waals surface area (Å²) in [6.45, 7) is -0.536. The minimum Gasteiger partial charge on any atom is -0.394 e. The van der Waals surface area contributed by atoms with Gasteiger partial charge in [-0.2, -0.15) is 5.26 Å². The summed E-state index contributed by atoms with van der Waals surface area (Å²) < 4.78 is 46.2. The number of nitrogens with one attached hydrogen (secondary N) is 2. The molecule has 33 heavy (non-hydrogen) atoms. The lowest BCUT2D eigenvalue weighted by atomic mass is 9.97. The molecule has 174 valence electrons. The summed E-state index contributed by atoms with van der Waals surface area (Å²) >= 11 is 1.11. The number of nitriles is 1. The first-order valence-corrected chi connectivity index (χ1v) is 10.7. The van der Waals surface area contributed by atoms with Crippen LogP contribution in [0.5, 0.6) is 0 Å². The van der Waals surface area contributed by atoms with Crippen molar-refractivity contribution in [1.82, 2.24) is 16.0 Å². The van der Waals surface area contributed by atoms with Gasteiger partial charge in [-0.1, -0.05) is 17.8 Å². The quantitative estimate of drug-likeness (QED) is 0.402. The molecule has 0 aromatic heterocycles. The van der Waals surface area contributed by atoms with E-state index in [0.717, 1.165) is 23.9 Å². The minimum absolute atomic E-state index is 0.00427. The highest BCUT2D eigenvalue weighted by Crippen LogP contribution is 2.36. The highest BCUT2D eigenvalue weighted by Gasteiger charge is 2.48. The van der Waals surface area contributed by atoms with E-state index >= 15 is 0 Å². The molecule has 0 amide bonds. The molecule has 2 aliphatic heterocycles. The van der Waals surface area contributed by atoms with Crippen molar-refractivity contribution in [2.24, 2.45) is 0 Å². The number of nitrogens with zero attached hydrogens (tertiary/aromatic N) is 2. The van der Waals surface area contributed by atoms with Crippen molar-refractivity contribution in [3.63, 3.8) is 0 Å². The van der Waals surface area contributed by atoms with Gasteiger partial charge in [0, 0.05) is 16.7 Å². The summed E-state index contributed by atoms with van der Waals surface area (Å²) in [7, 11) is 0. The van der Waals surface area contributed by atoms with Gasteiger partial charge < -0.3 is 25.5 Å². The van der Waals surface area contributed by atoms with Crippen molar-refractivity contribution >= 4 is 17.5 Å². The second-order valence-electron chi connectivity index (χ2n) is 7.40. The number of halogens is 3. The Labute approximate surface area is 190 Å². The van der Waals surface area contributed by atoms with Crippen LogP contribution in [0.3, 0.4) is 0 Å². The van der Waals surface area contributed by atoms with Gasteiger partial charge in [0.05, 0.1) is 23.9 Å². The molecule has 1 fully saturated rings. The third-order valence-electron chi connectivity index (χ3n) is 5.27. The second-order valence-corrected chi connectivity index (χ2v) is 8.57. The molecule has 0 bridgehead atoms. The number of aliphatic hydroxyl groups is 3. The molecule has 0 aliphatic carbocycles. The zero-order chi connectivity index (χ0) is 23.7. The van der Waals surface area contributed by atoms with Gasteiger partial charge in [0.25, 0.3) is 0 Å². The Kier molecular flexibility index (Phi) is 6.80. The molecule has 5 N–H and O–H groups in total. The molecule has 2 aromatic rings. The van der Waals surface area contributed by atoms with Gasteiger partial charge in [0.1, 0.15) is 29.8 Å². The topological polar surface area (TPSA) is 121 Å². The minimum atomic E-state index is -1.59. The number of hydrogen-bond acceptors (Lipinski definition) is 9. The van der Waals surface area contributed by atoms with Gasteiger partial charge >= 0.3 is 0 Å². The first-order chi connectivity index (χ1) is 15.8. The molecule has 12 heteroatoms. The zero-order valence-electron chi connectivity index (χ0n) is 16.8. The lowest BCUT2D eigenvalue weighted by Crippen LogP contribution is -2.65. The first-order valence-electron chi connectivity index (χ1n) is 9.78. The summed E-state index contributed by atoms with van der Waals surface area (Å²) in [5.41, 5.74) is 4.98. The number of rotatable bonds is 5. The predicted octanol–water partition coefficient (Wildman–Crippen LogP) is 1.20. The monoisotopic (exact) mass is 480 g/mol. The second kappa shape index (κ2) is 9.60. The zero-order valence-corrected chi connectivity index (χ0v) is 17.6. The van der Waals surface area contributed by atoms with Crippen LogP contribution in [-0.4, -0.2) is 56.7 Å². The van der Waals surface area contributed by atoms with E-state index in [0.29, 0.717) is 10.5 Å². The lowest BCUT2D eigenvalue weighted by Gasteiger charge is -2.45. The van der Waals surface area contributed by atoms with Crippen molar-refractivity contribution in [3.8, 4) is 6.07 Å². The number of ether oxygens (including phenoxy) is 1. The number of thioether (sulfide) groups is 1. The molecule has 2 aromatic carbocycles. The average molecular weight is 480 g/mol. The van der Waals surface area contributed by atoms with E-state index in [4.69, 9.17) is 10.00 Å². The van der Waals surface area contributed by atoms with Gasteiger partial charge in [-0.3, -0.25) is 5.01 Å². The van der Waals surface area contributed by atoms with Crippen LogP contribution in [0.25, 0.3) is 5.70 Å². The fourth-order valence-corrected chi connectivity index (χ4v) is 4.73. The molecule has 8 nitrogen and oxygen atoms in total. The number of hydrogen-bond donors (Lipinski definition) is 5. The molecule has 5 atom stereocenters. The van der Waals surface area contributed by atoms with Crippen molar-refractivity contribution in [1.29, 1.82) is 5.26 Å². The van der Waals surface area contributed by atoms with Gasteiger partial charge in [0.15, 0.2) is 17.5 Å². The summed E-state index contributed by atoms with van der Waals surface area (Å²) in [4.78, 5) is 0.630. The van der Waals surface area contributed by atoms with Crippen molar-refractivity contribution in [2.45, 2.75) is 34.7 Å². The number of hydrazine groups is 2. The van der Waals surface area contributed by atoms with E-state index in [1.54, 1.807) is 24.3 Å². The Morgan fingerprint density at radius 1 is 1.12 bits per heavy atom. The fraction of sp³-hybridized carbons (Fsp3) is 0.286. The van der Waals surface area contributed by atoms with Crippen LogP contribution in [0.15, 0.2) is 47.5 Å². The van der Waals surface area contributed by atoms with Crippen LogP contribution in [0.4, 0.5) is 13.2 Å². The Hall–Kier alpha value is -2.79. The Morgan fingerprint density at radius 3 is 2.52 bits per heavy atom. The van der Waals surface area contributed by atoms with Gasteiger partial charge in [-0.25, -0.2) is 13.2 Å². The normalized spacial score (nSPS) is 27.1. The highest BCUT2D eigenvalue weighted by molar-refractivity contribution is 7.99. The SMILES string of the molecule is N#Cc1cccc(S[C@H]2OC(CO)[C@H](O)[C@H](N3C=C(c4cc(F)c(F)c(F)c4)NN3)C2O)c1. The molecular formula is C21H19F3N4O4S. The van der Waals surface area contributed by atoms with E-state index in [9.17, 15) is 28.5 Å². The van der Waals surface area contributed by atoms with Crippen LogP contribution in [0.2, 0.25) is 0 Å². The largest absolute Gasteiger partial charge is 0.394 e. The Bertz CT molecular complexity index is 1090. The average Bonchev–Trinajstić information content (AvgIpc) is 3.29. The predicted molar refractivity (Wildman–Crippen MR) is 111 cm³/mol. The van der Waals surface area contributed by atoms with E-state index in [-0.39, 0.29) is 11.3 Å². The fourth-order valence-electron chi connectivity index (χ4n) is 3.61. The van der Waals surface area contributed by atoms with E-state index in [1.807, 2.05) is 6.07 Å². The van der Waals surface area contributed by atoms with Crippen LogP contribution < -0.4 is 11.0 Å². The number of aliphatic hydroxyl groups excluding tert-OH is 3. The third kappa shape index (κ3) is 4.65. The Balaban J connectivity index is 1.59. The molecule has 4 rings (SSSR count). The van der Waals surface area contributed by atoms with Crippen molar-refractivity contribution in [2.75, 3.05) is 6.61 Å². The smallest absolute Gasteiger partial charge is 0.194 e. The third-order valence-corrected chi connectivity index (χ3v) is 6.42. The molecule has 0 spiro atoms. The summed E-state index contributed by atoms with van der Waals surface area (Å²) in [5, 5.41) is 41.7. The molecule has 0 radical (unpaired) electrons. The van der Waals surface area contributed by atoms with Gasteiger partial charge in [0.2, 0.25) is 0 Å². The molecule has 1 saturated heterocycles. The first kappa shape index (κ1) is 23.4. The van der Waals surface area contributed by atoms with Crippen LogP contribution >= 0.6 is 11.8 Å². The van der Waals surface area contributed by atoms with Gasteiger partial charge in [-0.05, 0) is 30.3 Å². The molecule has 0 saturated carbocycles. The molecular weight excluding hydrogens is 461 g/mol. The maximum atomic E-state index is 13.6. The number of benzene rings is 2. The van der Waals surface area contributed by atoms with Gasteiger partial charge in [-0.15, -0.1) is 5.53 Å². The summed E-state index contributed by atoms with van der Waals surface area (Å²) in [5.74, 6) is -4.33. The maximum absolute atomic E-state index is 13.6. The summed E-state index contributed by atoms with van der Waals surface area (Å²) in [6, 6.07) is 9.21. The maximum Gasteiger partial charge on any atom is 0.194 e. The molecule has 2 unspecified atom stereocenters. The molecule has 2 aliphatic rings. The van der Waals surface area contributed by atoms with Crippen molar-refractivity contribution < 1.29 is 33.2 Å². The van der Waals surface area contributed by atoms with Crippen LogP contribution in [0.1, 0.15) is 11.1 Å². The lowest BCUT2D eigenvalue weighted by molar-refractivity contribution is -0.189. The van der Waals surface area contributed by atoms with Crippen LogP contribution in [-0.2, 0) is 4.74 Å². The van der Waals surface area contributed by atoms with E-state index < -0.39 is 53.8 Å².